The monoisotopic (exact) mass is 387 g/mol. The lowest BCUT2D eigenvalue weighted by Crippen LogP contribution is -2.37. The van der Waals surface area contributed by atoms with E-state index in [0.29, 0.717) is 28.3 Å². The van der Waals surface area contributed by atoms with Gasteiger partial charge in [0.2, 0.25) is 0 Å². The number of nitrogens with zero attached hydrogens (tertiary/aromatic N) is 3. The number of primary amides is 1. The predicted molar refractivity (Wildman–Crippen MR) is 100 cm³/mol. The molecule has 2 amide bonds. The van der Waals surface area contributed by atoms with Crippen LogP contribution in [0.3, 0.4) is 0 Å². The fraction of sp³-hybridized carbons (Fsp3) is 0.474. The van der Waals surface area contributed by atoms with E-state index in [0.717, 1.165) is 19.3 Å². The molecule has 2 saturated carbocycles. The zero-order valence-electron chi connectivity index (χ0n) is 15.0. The van der Waals surface area contributed by atoms with Crippen LogP contribution >= 0.6 is 11.6 Å². The SMILES string of the molecule is CCC(NC(=O)c1ccc(Cl)cc1)[C@H]1[C@@H]2C[C@@H](n3cc(C(N)=O)nn3)C[C@@H]21. The summed E-state index contributed by atoms with van der Waals surface area (Å²) in [5.41, 5.74) is 6.07. The van der Waals surface area contributed by atoms with Crippen molar-refractivity contribution in [3.05, 3.63) is 46.7 Å². The largest absolute Gasteiger partial charge is 0.364 e. The molecular weight excluding hydrogens is 366 g/mol. The van der Waals surface area contributed by atoms with Gasteiger partial charge in [-0.2, -0.15) is 0 Å². The second kappa shape index (κ2) is 6.96. The molecule has 1 aromatic heterocycles. The Labute approximate surface area is 162 Å². The van der Waals surface area contributed by atoms with Gasteiger partial charge in [-0.1, -0.05) is 23.7 Å². The highest BCUT2D eigenvalue weighted by Gasteiger charge is 2.59. The standard InChI is InChI=1S/C19H22ClN5O2/c1-2-15(22-19(27)10-3-5-11(20)6-4-10)17-13-7-12(8-14(13)17)25-9-16(18(21)26)23-24-25/h3-6,9,12-15,17H,2,7-8H2,1H3,(H2,21,26)(H,22,27)/t12-,13-,14+,15?,17+. The third-order valence-corrected chi connectivity index (χ3v) is 6.20. The average Bonchev–Trinajstić information content (AvgIpc) is 3.05. The van der Waals surface area contributed by atoms with Crippen molar-refractivity contribution in [2.45, 2.75) is 38.3 Å². The van der Waals surface area contributed by atoms with Crippen LogP contribution in [0.2, 0.25) is 5.02 Å². The van der Waals surface area contributed by atoms with Gasteiger partial charge in [-0.15, -0.1) is 5.10 Å². The first kappa shape index (κ1) is 18.0. The van der Waals surface area contributed by atoms with Gasteiger partial charge in [-0.3, -0.25) is 9.59 Å². The number of carbonyl (C=O) groups is 2. The summed E-state index contributed by atoms with van der Waals surface area (Å²) in [6.45, 7) is 2.11. The molecule has 0 radical (unpaired) electrons. The van der Waals surface area contributed by atoms with Crippen LogP contribution in [0.5, 0.6) is 0 Å². The fourth-order valence-corrected chi connectivity index (χ4v) is 4.69. The first-order chi connectivity index (χ1) is 13.0. The van der Waals surface area contributed by atoms with Gasteiger partial charge in [-0.25, -0.2) is 4.68 Å². The second-order valence-corrected chi connectivity index (χ2v) is 7.91. The number of aromatic nitrogens is 3. The lowest BCUT2D eigenvalue weighted by atomic mass is 9.99. The molecule has 2 fully saturated rings. The first-order valence-corrected chi connectivity index (χ1v) is 9.63. The first-order valence-electron chi connectivity index (χ1n) is 9.26. The Kier molecular flexibility index (Phi) is 4.63. The number of nitrogens with one attached hydrogen (secondary N) is 1. The van der Waals surface area contributed by atoms with Gasteiger partial charge in [0.25, 0.3) is 11.8 Å². The Bertz CT molecular complexity index is 853. The molecule has 2 aliphatic rings. The number of hydrogen-bond acceptors (Lipinski definition) is 4. The van der Waals surface area contributed by atoms with E-state index in [1.807, 2.05) is 0 Å². The van der Waals surface area contributed by atoms with Crippen LogP contribution in [0.4, 0.5) is 0 Å². The summed E-state index contributed by atoms with van der Waals surface area (Å²) < 4.78 is 1.76. The summed E-state index contributed by atoms with van der Waals surface area (Å²) in [5.74, 6) is 1.04. The number of benzene rings is 1. The molecular formula is C19H22ClN5O2. The molecule has 1 aromatic carbocycles. The number of carbonyl (C=O) groups excluding carboxylic acids is 2. The van der Waals surface area contributed by atoms with Gasteiger partial charge >= 0.3 is 0 Å². The minimum absolute atomic E-state index is 0.0533. The van der Waals surface area contributed by atoms with Gasteiger partial charge < -0.3 is 11.1 Å². The summed E-state index contributed by atoms with van der Waals surface area (Å²) in [7, 11) is 0. The Balaban J connectivity index is 1.36. The number of amides is 2. The Morgan fingerprint density at radius 1 is 1.30 bits per heavy atom. The molecule has 7 nitrogen and oxygen atoms in total. The van der Waals surface area contributed by atoms with Crippen molar-refractivity contribution in [2.24, 2.45) is 23.5 Å². The number of halogens is 1. The van der Waals surface area contributed by atoms with Crippen molar-refractivity contribution in [3.63, 3.8) is 0 Å². The van der Waals surface area contributed by atoms with Gasteiger partial charge in [0.1, 0.15) is 0 Å². The van der Waals surface area contributed by atoms with Crippen LogP contribution in [0.15, 0.2) is 30.5 Å². The zero-order chi connectivity index (χ0) is 19.1. The summed E-state index contributed by atoms with van der Waals surface area (Å²) in [6, 6.07) is 7.37. The van der Waals surface area contributed by atoms with E-state index >= 15 is 0 Å². The van der Waals surface area contributed by atoms with E-state index in [1.165, 1.54) is 0 Å². The Morgan fingerprint density at radius 2 is 1.96 bits per heavy atom. The molecule has 2 aromatic rings. The summed E-state index contributed by atoms with van der Waals surface area (Å²) in [4.78, 5) is 23.7. The Hall–Kier alpha value is -2.41. The third kappa shape index (κ3) is 3.43. The highest BCUT2D eigenvalue weighted by atomic mass is 35.5. The number of nitrogens with two attached hydrogens (primary N) is 1. The van der Waals surface area contributed by atoms with Crippen molar-refractivity contribution in [3.8, 4) is 0 Å². The number of fused-ring (bicyclic) bond motifs is 1. The minimum atomic E-state index is -0.557. The molecule has 0 saturated heterocycles. The van der Waals surface area contributed by atoms with Gasteiger partial charge in [0, 0.05) is 16.6 Å². The summed E-state index contributed by atoms with van der Waals surface area (Å²) >= 11 is 5.89. The molecule has 8 heteroatoms. The zero-order valence-corrected chi connectivity index (χ0v) is 15.8. The highest BCUT2D eigenvalue weighted by Crippen LogP contribution is 2.62. The molecule has 142 valence electrons. The quantitative estimate of drug-likeness (QED) is 0.794. The lowest BCUT2D eigenvalue weighted by molar-refractivity contribution is 0.0926. The molecule has 0 bridgehead atoms. The van der Waals surface area contributed by atoms with Crippen molar-refractivity contribution in [2.75, 3.05) is 0 Å². The molecule has 1 heterocycles. The molecule has 4 rings (SSSR count). The summed E-state index contributed by atoms with van der Waals surface area (Å²) in [5, 5.41) is 11.7. The maximum atomic E-state index is 12.5. The minimum Gasteiger partial charge on any atom is -0.364 e. The van der Waals surface area contributed by atoms with Crippen LogP contribution < -0.4 is 11.1 Å². The van der Waals surface area contributed by atoms with Crippen LogP contribution in [0, 0.1) is 17.8 Å². The maximum Gasteiger partial charge on any atom is 0.270 e. The number of hydrogen-bond donors (Lipinski definition) is 2. The van der Waals surface area contributed by atoms with Crippen LogP contribution in [-0.4, -0.2) is 32.9 Å². The summed E-state index contributed by atoms with van der Waals surface area (Å²) in [6.07, 6.45) is 4.51. The van der Waals surface area contributed by atoms with Crippen molar-refractivity contribution < 1.29 is 9.59 Å². The molecule has 3 N–H and O–H groups in total. The highest BCUT2D eigenvalue weighted by molar-refractivity contribution is 6.30. The predicted octanol–water partition coefficient (Wildman–Crippen LogP) is 2.44. The topological polar surface area (TPSA) is 103 Å². The third-order valence-electron chi connectivity index (χ3n) is 5.95. The van der Waals surface area contributed by atoms with E-state index in [2.05, 4.69) is 22.6 Å². The number of rotatable bonds is 6. The molecule has 0 spiro atoms. The van der Waals surface area contributed by atoms with Gasteiger partial charge in [-0.05, 0) is 61.3 Å². The van der Waals surface area contributed by atoms with Crippen LogP contribution in [0.25, 0.3) is 0 Å². The van der Waals surface area contributed by atoms with E-state index < -0.39 is 5.91 Å². The van der Waals surface area contributed by atoms with Crippen LogP contribution in [-0.2, 0) is 0 Å². The van der Waals surface area contributed by atoms with Crippen molar-refractivity contribution in [1.82, 2.24) is 20.3 Å². The molecule has 1 unspecified atom stereocenters. The Morgan fingerprint density at radius 3 is 2.52 bits per heavy atom. The maximum absolute atomic E-state index is 12.5. The smallest absolute Gasteiger partial charge is 0.270 e. The van der Waals surface area contributed by atoms with E-state index in [9.17, 15) is 9.59 Å². The van der Waals surface area contributed by atoms with Crippen molar-refractivity contribution in [1.29, 1.82) is 0 Å². The van der Waals surface area contributed by atoms with Crippen LogP contribution in [0.1, 0.15) is 53.1 Å². The van der Waals surface area contributed by atoms with Gasteiger partial charge in [0.15, 0.2) is 5.69 Å². The molecule has 5 atom stereocenters. The molecule has 27 heavy (non-hydrogen) atoms. The fourth-order valence-electron chi connectivity index (χ4n) is 4.57. The van der Waals surface area contributed by atoms with E-state index in [-0.39, 0.29) is 23.7 Å². The molecule has 0 aliphatic heterocycles. The molecule has 2 aliphatic carbocycles. The average molecular weight is 388 g/mol. The van der Waals surface area contributed by atoms with E-state index in [1.54, 1.807) is 35.1 Å². The normalized spacial score (nSPS) is 27.0. The second-order valence-electron chi connectivity index (χ2n) is 7.47. The van der Waals surface area contributed by atoms with E-state index in [4.69, 9.17) is 17.3 Å². The van der Waals surface area contributed by atoms with Gasteiger partial charge in [0.05, 0.1) is 12.2 Å². The lowest BCUT2D eigenvalue weighted by Gasteiger charge is -2.21. The van der Waals surface area contributed by atoms with Crippen molar-refractivity contribution >= 4 is 23.4 Å².